The molecule has 0 bridgehead atoms. The Labute approximate surface area is 126 Å². The van der Waals surface area contributed by atoms with Gasteiger partial charge in [0.15, 0.2) is 0 Å². The van der Waals surface area contributed by atoms with Gasteiger partial charge in [-0.25, -0.2) is 4.98 Å². The van der Waals surface area contributed by atoms with E-state index in [-0.39, 0.29) is 5.91 Å². The molecule has 0 fully saturated rings. The van der Waals surface area contributed by atoms with E-state index in [9.17, 15) is 4.79 Å². The van der Waals surface area contributed by atoms with Crippen molar-refractivity contribution in [2.24, 2.45) is 0 Å². The Hall–Kier alpha value is -2.40. The van der Waals surface area contributed by atoms with Crippen molar-refractivity contribution < 1.29 is 4.79 Å². The molecule has 2 N–H and O–H groups in total. The lowest BCUT2D eigenvalue weighted by Gasteiger charge is -2.08. The van der Waals surface area contributed by atoms with E-state index in [1.165, 1.54) is 0 Å². The van der Waals surface area contributed by atoms with Crippen molar-refractivity contribution in [3.8, 4) is 10.6 Å². The van der Waals surface area contributed by atoms with Crippen molar-refractivity contribution in [1.29, 1.82) is 0 Å². The zero-order valence-electron chi connectivity index (χ0n) is 11.6. The number of hydrogen-bond acceptors (Lipinski definition) is 3. The summed E-state index contributed by atoms with van der Waals surface area (Å²) in [6, 6.07) is 11.6. The lowest BCUT2D eigenvalue weighted by Crippen LogP contribution is -2.23. The Balaban J connectivity index is 1.78. The molecule has 2 heterocycles. The van der Waals surface area contributed by atoms with Crippen molar-refractivity contribution in [3.63, 3.8) is 0 Å². The minimum absolute atomic E-state index is 0.106. The van der Waals surface area contributed by atoms with Gasteiger partial charge >= 0.3 is 0 Å². The summed E-state index contributed by atoms with van der Waals surface area (Å²) in [6.07, 6.45) is 1.74. The van der Waals surface area contributed by atoms with Crippen molar-refractivity contribution in [3.05, 3.63) is 64.9 Å². The van der Waals surface area contributed by atoms with E-state index in [0.29, 0.717) is 12.2 Å². The summed E-state index contributed by atoms with van der Waals surface area (Å²) < 4.78 is 0. The number of nitrogens with zero attached hydrogens (tertiary/aromatic N) is 1. The average molecular weight is 297 g/mol. The Morgan fingerprint density at radius 2 is 2.14 bits per heavy atom. The van der Waals surface area contributed by atoms with E-state index < -0.39 is 0 Å². The fourth-order valence-electron chi connectivity index (χ4n) is 2.10. The number of aryl methyl sites for hydroxylation is 1. The lowest BCUT2D eigenvalue weighted by molar-refractivity contribution is 0.0946. The Bertz CT molecular complexity index is 746. The summed E-state index contributed by atoms with van der Waals surface area (Å²) in [6.45, 7) is 2.46. The molecule has 21 heavy (non-hydrogen) atoms. The summed E-state index contributed by atoms with van der Waals surface area (Å²) in [7, 11) is 0. The highest BCUT2D eigenvalue weighted by atomic mass is 32.1. The van der Waals surface area contributed by atoms with Crippen LogP contribution in [0, 0.1) is 6.92 Å². The Kier molecular flexibility index (Phi) is 3.83. The number of nitrogens with one attached hydrogen (secondary N) is 2. The molecular formula is C16H15N3OS. The van der Waals surface area contributed by atoms with Crippen LogP contribution in [0.1, 0.15) is 21.7 Å². The molecule has 0 aliphatic heterocycles. The molecule has 0 radical (unpaired) electrons. The number of carbonyl (C=O) groups excluding carboxylic acids is 1. The Morgan fingerprint density at radius 3 is 2.86 bits per heavy atom. The highest BCUT2D eigenvalue weighted by Gasteiger charge is 2.10. The zero-order chi connectivity index (χ0) is 14.7. The molecule has 0 saturated carbocycles. The topological polar surface area (TPSA) is 57.8 Å². The van der Waals surface area contributed by atoms with Gasteiger partial charge in [0.25, 0.3) is 5.91 Å². The molecule has 3 aromatic rings. The third-order valence-electron chi connectivity index (χ3n) is 3.15. The highest BCUT2D eigenvalue weighted by molar-refractivity contribution is 7.13. The summed E-state index contributed by atoms with van der Waals surface area (Å²) in [5.41, 5.74) is 3.71. The standard InChI is InChI=1S/C16H15N3OS/c1-11-10-21-16(19-11)13-6-3-2-5-12(13)9-18-15(20)14-7-4-8-17-14/h2-8,10,17H,9H2,1H3,(H,18,20). The monoisotopic (exact) mass is 297 g/mol. The van der Waals surface area contributed by atoms with Crippen LogP contribution in [0.15, 0.2) is 48.0 Å². The van der Waals surface area contributed by atoms with Gasteiger partial charge in [-0.1, -0.05) is 24.3 Å². The van der Waals surface area contributed by atoms with Crippen LogP contribution >= 0.6 is 11.3 Å². The molecule has 0 atom stereocenters. The van der Waals surface area contributed by atoms with Gasteiger partial charge in [0.05, 0.1) is 0 Å². The maximum atomic E-state index is 12.0. The minimum atomic E-state index is -0.106. The lowest BCUT2D eigenvalue weighted by atomic mass is 10.1. The van der Waals surface area contributed by atoms with Crippen LogP contribution in [-0.2, 0) is 6.54 Å². The first-order valence-electron chi connectivity index (χ1n) is 6.66. The molecule has 5 heteroatoms. The summed E-state index contributed by atoms with van der Waals surface area (Å²) >= 11 is 1.62. The van der Waals surface area contributed by atoms with Gasteiger partial charge in [0.2, 0.25) is 0 Å². The zero-order valence-corrected chi connectivity index (χ0v) is 12.4. The van der Waals surface area contributed by atoms with E-state index in [1.807, 2.05) is 36.6 Å². The molecule has 4 nitrogen and oxygen atoms in total. The number of amides is 1. The molecule has 1 amide bonds. The second-order valence-corrected chi connectivity index (χ2v) is 5.58. The van der Waals surface area contributed by atoms with Crippen LogP contribution in [0.5, 0.6) is 0 Å². The molecule has 0 spiro atoms. The van der Waals surface area contributed by atoms with Crippen molar-refractivity contribution >= 4 is 17.2 Å². The first-order valence-corrected chi connectivity index (χ1v) is 7.54. The van der Waals surface area contributed by atoms with Gasteiger partial charge in [0, 0.05) is 29.4 Å². The fraction of sp³-hybridized carbons (Fsp3) is 0.125. The van der Waals surface area contributed by atoms with Gasteiger partial charge in [-0.2, -0.15) is 0 Å². The Morgan fingerprint density at radius 1 is 1.29 bits per heavy atom. The van der Waals surface area contributed by atoms with Crippen LogP contribution in [0.2, 0.25) is 0 Å². The van der Waals surface area contributed by atoms with Gasteiger partial charge in [0.1, 0.15) is 10.7 Å². The molecule has 0 aliphatic carbocycles. The predicted molar refractivity (Wildman–Crippen MR) is 84.2 cm³/mol. The van der Waals surface area contributed by atoms with E-state index in [1.54, 1.807) is 29.7 Å². The smallest absolute Gasteiger partial charge is 0.267 e. The number of carbonyl (C=O) groups is 1. The van der Waals surface area contributed by atoms with Gasteiger partial charge in [-0.3, -0.25) is 4.79 Å². The maximum absolute atomic E-state index is 12.0. The molecular weight excluding hydrogens is 282 g/mol. The maximum Gasteiger partial charge on any atom is 0.267 e. The second-order valence-electron chi connectivity index (χ2n) is 4.72. The molecule has 0 unspecified atom stereocenters. The van der Waals surface area contributed by atoms with Gasteiger partial charge in [-0.15, -0.1) is 11.3 Å². The third kappa shape index (κ3) is 3.03. The van der Waals surface area contributed by atoms with Gasteiger partial charge in [-0.05, 0) is 24.6 Å². The molecule has 1 aromatic carbocycles. The summed E-state index contributed by atoms with van der Waals surface area (Å²) in [4.78, 5) is 19.4. The predicted octanol–water partition coefficient (Wildman–Crippen LogP) is 3.38. The molecule has 3 rings (SSSR count). The third-order valence-corrected chi connectivity index (χ3v) is 4.14. The number of thiazole rings is 1. The van der Waals surface area contributed by atoms with Crippen LogP contribution < -0.4 is 5.32 Å². The van der Waals surface area contributed by atoms with E-state index in [0.717, 1.165) is 21.8 Å². The van der Waals surface area contributed by atoms with Crippen molar-refractivity contribution in [2.45, 2.75) is 13.5 Å². The largest absolute Gasteiger partial charge is 0.357 e. The summed E-state index contributed by atoms with van der Waals surface area (Å²) in [5.74, 6) is -0.106. The fourth-order valence-corrected chi connectivity index (χ4v) is 2.96. The number of rotatable bonds is 4. The SMILES string of the molecule is Cc1csc(-c2ccccc2CNC(=O)c2ccc[nH]2)n1. The number of aromatic amines is 1. The normalized spacial score (nSPS) is 10.5. The number of hydrogen-bond donors (Lipinski definition) is 2. The molecule has 0 saturated heterocycles. The van der Waals surface area contributed by atoms with Crippen LogP contribution in [-0.4, -0.2) is 15.9 Å². The van der Waals surface area contributed by atoms with Crippen molar-refractivity contribution in [2.75, 3.05) is 0 Å². The highest BCUT2D eigenvalue weighted by Crippen LogP contribution is 2.26. The molecule has 2 aromatic heterocycles. The number of aromatic nitrogens is 2. The van der Waals surface area contributed by atoms with Gasteiger partial charge < -0.3 is 10.3 Å². The minimum Gasteiger partial charge on any atom is -0.357 e. The number of H-pyrrole nitrogens is 1. The van der Waals surface area contributed by atoms with E-state index in [2.05, 4.69) is 15.3 Å². The first kappa shape index (κ1) is 13.6. The number of benzene rings is 1. The first-order chi connectivity index (χ1) is 10.2. The molecule has 106 valence electrons. The summed E-state index contributed by atoms with van der Waals surface area (Å²) in [5, 5.41) is 5.94. The van der Waals surface area contributed by atoms with Crippen LogP contribution in [0.3, 0.4) is 0 Å². The van der Waals surface area contributed by atoms with E-state index in [4.69, 9.17) is 0 Å². The molecule has 0 aliphatic rings. The van der Waals surface area contributed by atoms with Crippen LogP contribution in [0.25, 0.3) is 10.6 Å². The second kappa shape index (κ2) is 5.93. The average Bonchev–Trinajstić information content (AvgIpc) is 3.16. The van der Waals surface area contributed by atoms with E-state index >= 15 is 0 Å². The quantitative estimate of drug-likeness (QED) is 0.775. The van der Waals surface area contributed by atoms with Crippen molar-refractivity contribution in [1.82, 2.24) is 15.3 Å². The van der Waals surface area contributed by atoms with Crippen LogP contribution in [0.4, 0.5) is 0 Å².